The molecule has 0 radical (unpaired) electrons. The van der Waals surface area contributed by atoms with E-state index in [0.717, 1.165) is 58.0 Å². The quantitative estimate of drug-likeness (QED) is 0.893. The molecule has 5 heteroatoms. The molecule has 0 unspecified atom stereocenters. The van der Waals surface area contributed by atoms with Crippen LogP contribution >= 0.6 is 0 Å². The predicted octanol–water partition coefficient (Wildman–Crippen LogP) is 2.66. The van der Waals surface area contributed by atoms with Gasteiger partial charge in [-0.15, -0.1) is 0 Å². The summed E-state index contributed by atoms with van der Waals surface area (Å²) in [7, 11) is 1.99. The number of likely N-dealkylation sites (tertiary alicyclic amines) is 1. The van der Waals surface area contributed by atoms with Crippen LogP contribution in [0.3, 0.4) is 0 Å². The van der Waals surface area contributed by atoms with Crippen LogP contribution in [0.4, 0.5) is 0 Å². The minimum Gasteiger partial charge on any atom is -0.337 e. The number of fused-ring (bicyclic) bond motifs is 2. The van der Waals surface area contributed by atoms with Gasteiger partial charge in [0.2, 0.25) is 0 Å². The maximum absolute atomic E-state index is 13.1. The molecule has 1 saturated heterocycles. The molecule has 1 fully saturated rings. The average Bonchev–Trinajstić information content (AvgIpc) is 3.28. The van der Waals surface area contributed by atoms with Crippen LogP contribution < -0.4 is 5.32 Å². The Bertz CT molecular complexity index is 856. The number of benzene rings is 1. The first-order chi connectivity index (χ1) is 13.7. The highest BCUT2D eigenvalue weighted by atomic mass is 16.2. The summed E-state index contributed by atoms with van der Waals surface area (Å²) >= 11 is 0. The molecular formula is C23H30N4O. The fraction of sp³-hybridized carbons (Fsp3) is 0.565. The predicted molar refractivity (Wildman–Crippen MR) is 110 cm³/mol. The SMILES string of the molecule is Cn1nc(C(=O)N2CCCCC2)c2c1CC[C@H](NC1Cc3ccccc3C1)C2. The van der Waals surface area contributed by atoms with Gasteiger partial charge in [-0.1, -0.05) is 24.3 Å². The smallest absolute Gasteiger partial charge is 0.274 e. The molecule has 1 aromatic carbocycles. The lowest BCUT2D eigenvalue weighted by Gasteiger charge is -2.29. The van der Waals surface area contributed by atoms with Gasteiger partial charge in [-0.25, -0.2) is 0 Å². The Labute approximate surface area is 167 Å². The zero-order valence-electron chi connectivity index (χ0n) is 16.8. The molecule has 2 aliphatic carbocycles. The third-order valence-corrected chi connectivity index (χ3v) is 6.82. The Morgan fingerprint density at radius 1 is 1.04 bits per heavy atom. The van der Waals surface area contributed by atoms with E-state index in [9.17, 15) is 4.79 Å². The van der Waals surface area contributed by atoms with Crippen molar-refractivity contribution in [2.24, 2.45) is 7.05 Å². The number of carbonyl (C=O) groups excluding carboxylic acids is 1. The van der Waals surface area contributed by atoms with Gasteiger partial charge in [0.1, 0.15) is 0 Å². The van der Waals surface area contributed by atoms with Crippen LogP contribution in [0.1, 0.15) is 58.6 Å². The molecule has 28 heavy (non-hydrogen) atoms. The molecule has 3 aliphatic rings. The van der Waals surface area contributed by atoms with Gasteiger partial charge in [-0.3, -0.25) is 9.48 Å². The lowest BCUT2D eigenvalue weighted by Crippen LogP contribution is -2.42. The van der Waals surface area contributed by atoms with Crippen molar-refractivity contribution < 1.29 is 4.79 Å². The van der Waals surface area contributed by atoms with Crippen molar-refractivity contribution in [1.82, 2.24) is 20.0 Å². The van der Waals surface area contributed by atoms with Crippen molar-refractivity contribution in [2.75, 3.05) is 13.1 Å². The van der Waals surface area contributed by atoms with Gasteiger partial charge in [0, 0.05) is 43.5 Å². The molecule has 1 atom stereocenters. The molecule has 2 heterocycles. The number of hydrogen-bond donors (Lipinski definition) is 1. The summed E-state index contributed by atoms with van der Waals surface area (Å²) in [6.45, 7) is 1.76. The third-order valence-electron chi connectivity index (χ3n) is 6.82. The number of amides is 1. The number of carbonyl (C=O) groups is 1. The van der Waals surface area contributed by atoms with Gasteiger partial charge < -0.3 is 10.2 Å². The van der Waals surface area contributed by atoms with Crippen LogP contribution in [0.2, 0.25) is 0 Å². The summed E-state index contributed by atoms with van der Waals surface area (Å²) in [6, 6.07) is 9.74. The second-order valence-corrected chi connectivity index (χ2v) is 8.73. The van der Waals surface area contributed by atoms with Crippen LogP contribution in [-0.4, -0.2) is 45.8 Å². The monoisotopic (exact) mass is 378 g/mol. The molecule has 5 rings (SSSR count). The molecule has 1 N–H and O–H groups in total. The van der Waals surface area contributed by atoms with Gasteiger partial charge in [0.05, 0.1) is 0 Å². The summed E-state index contributed by atoms with van der Waals surface area (Å²) < 4.78 is 1.95. The highest BCUT2D eigenvalue weighted by molar-refractivity contribution is 5.94. The molecule has 2 aromatic rings. The van der Waals surface area contributed by atoms with E-state index in [4.69, 9.17) is 0 Å². The molecule has 1 amide bonds. The Kier molecular flexibility index (Phi) is 4.71. The Morgan fingerprint density at radius 3 is 2.46 bits per heavy atom. The highest BCUT2D eigenvalue weighted by Crippen LogP contribution is 2.28. The number of nitrogens with zero attached hydrogens (tertiary/aromatic N) is 3. The maximum Gasteiger partial charge on any atom is 0.274 e. The summed E-state index contributed by atoms with van der Waals surface area (Å²) in [6.07, 6.45) is 8.75. The number of nitrogens with one attached hydrogen (secondary N) is 1. The second kappa shape index (κ2) is 7.36. The lowest BCUT2D eigenvalue weighted by atomic mass is 9.90. The number of aromatic nitrogens is 2. The molecule has 0 bridgehead atoms. The van der Waals surface area contributed by atoms with Crippen molar-refractivity contribution in [1.29, 1.82) is 0 Å². The van der Waals surface area contributed by atoms with Gasteiger partial charge in [0.25, 0.3) is 5.91 Å². The first-order valence-corrected chi connectivity index (χ1v) is 10.9. The van der Waals surface area contributed by atoms with Crippen LogP contribution in [0.15, 0.2) is 24.3 Å². The average molecular weight is 379 g/mol. The first-order valence-electron chi connectivity index (χ1n) is 10.9. The van der Waals surface area contributed by atoms with Gasteiger partial charge in [-0.05, 0) is 62.5 Å². The highest BCUT2D eigenvalue weighted by Gasteiger charge is 2.32. The number of piperidine rings is 1. The Hall–Kier alpha value is -2.14. The summed E-state index contributed by atoms with van der Waals surface area (Å²) in [4.78, 5) is 15.1. The normalized spacial score (nSPS) is 22.2. The van der Waals surface area contributed by atoms with Gasteiger partial charge in [-0.2, -0.15) is 5.10 Å². The van der Waals surface area contributed by atoms with Crippen LogP contribution in [-0.2, 0) is 32.7 Å². The Balaban J connectivity index is 1.30. The van der Waals surface area contributed by atoms with E-state index in [1.807, 2.05) is 16.6 Å². The van der Waals surface area contributed by atoms with Crippen molar-refractivity contribution in [3.8, 4) is 0 Å². The zero-order chi connectivity index (χ0) is 19.1. The van der Waals surface area contributed by atoms with Gasteiger partial charge >= 0.3 is 0 Å². The summed E-state index contributed by atoms with van der Waals surface area (Å²) in [5.74, 6) is 0.144. The van der Waals surface area contributed by atoms with E-state index in [1.165, 1.54) is 28.8 Å². The van der Waals surface area contributed by atoms with E-state index < -0.39 is 0 Å². The van der Waals surface area contributed by atoms with Crippen LogP contribution in [0.25, 0.3) is 0 Å². The summed E-state index contributed by atoms with van der Waals surface area (Å²) in [5, 5.41) is 8.56. The van der Waals surface area contributed by atoms with E-state index in [0.29, 0.717) is 17.8 Å². The van der Waals surface area contributed by atoms with Crippen molar-refractivity contribution in [2.45, 2.75) is 63.5 Å². The van der Waals surface area contributed by atoms with Crippen molar-refractivity contribution in [3.05, 3.63) is 52.3 Å². The summed E-state index contributed by atoms with van der Waals surface area (Å²) in [5.41, 5.74) is 6.13. The number of rotatable bonds is 3. The minimum atomic E-state index is 0.144. The van der Waals surface area contributed by atoms with E-state index in [1.54, 1.807) is 0 Å². The van der Waals surface area contributed by atoms with E-state index >= 15 is 0 Å². The molecule has 5 nitrogen and oxygen atoms in total. The second-order valence-electron chi connectivity index (χ2n) is 8.73. The fourth-order valence-corrected chi connectivity index (χ4v) is 5.36. The van der Waals surface area contributed by atoms with Crippen LogP contribution in [0, 0.1) is 0 Å². The molecule has 1 aliphatic heterocycles. The molecule has 0 saturated carbocycles. The fourth-order valence-electron chi connectivity index (χ4n) is 5.36. The number of aryl methyl sites for hydroxylation is 1. The lowest BCUT2D eigenvalue weighted by molar-refractivity contribution is 0.0716. The van der Waals surface area contributed by atoms with Crippen LogP contribution in [0.5, 0.6) is 0 Å². The molecular weight excluding hydrogens is 348 g/mol. The minimum absolute atomic E-state index is 0.144. The Morgan fingerprint density at radius 2 is 1.75 bits per heavy atom. The molecule has 0 spiro atoms. The first kappa shape index (κ1) is 17.9. The topological polar surface area (TPSA) is 50.2 Å². The van der Waals surface area contributed by atoms with E-state index in [-0.39, 0.29) is 5.91 Å². The zero-order valence-corrected chi connectivity index (χ0v) is 16.8. The standard InChI is InChI=1S/C23H30N4O/c1-26-21-10-9-18(24-19-13-16-7-3-4-8-17(16)14-19)15-20(21)22(25-26)23(28)27-11-5-2-6-12-27/h3-4,7-8,18-19,24H,2,5-6,9-15H2,1H3/t18-/m0/s1. The third kappa shape index (κ3) is 3.26. The van der Waals surface area contributed by atoms with Crippen molar-refractivity contribution >= 4 is 5.91 Å². The largest absolute Gasteiger partial charge is 0.337 e. The molecule has 148 valence electrons. The maximum atomic E-state index is 13.1. The van der Waals surface area contributed by atoms with E-state index in [2.05, 4.69) is 34.7 Å². The van der Waals surface area contributed by atoms with Gasteiger partial charge in [0.15, 0.2) is 5.69 Å². The van der Waals surface area contributed by atoms with Crippen molar-refractivity contribution in [3.63, 3.8) is 0 Å². The number of hydrogen-bond acceptors (Lipinski definition) is 3. The molecule has 1 aromatic heterocycles.